The third-order valence-electron chi connectivity index (χ3n) is 7.50. The molecule has 228 valence electrons. The van der Waals surface area contributed by atoms with Gasteiger partial charge < -0.3 is 15.3 Å². The van der Waals surface area contributed by atoms with Gasteiger partial charge in [-0.05, 0) is 73.0 Å². The number of carbonyl (C=O) groups is 3. The zero-order valence-electron chi connectivity index (χ0n) is 23.4. The van der Waals surface area contributed by atoms with Crippen LogP contribution in [0.15, 0.2) is 66.7 Å². The zero-order valence-corrected chi connectivity index (χ0v) is 26.4. The predicted octanol–water partition coefficient (Wildman–Crippen LogP) is 7.44. The van der Waals surface area contributed by atoms with Gasteiger partial charge in [-0.1, -0.05) is 58.5 Å². The molecule has 0 unspecified atom stereocenters. The van der Waals surface area contributed by atoms with Crippen LogP contribution in [0.1, 0.15) is 57.2 Å². The Hall–Kier alpha value is -3.56. The lowest BCUT2D eigenvalue weighted by Crippen LogP contribution is -2.38. The maximum atomic E-state index is 13.2. The molecule has 8 nitrogen and oxygen atoms in total. The number of benzene rings is 3. The highest BCUT2D eigenvalue weighted by molar-refractivity contribution is 6.37. The van der Waals surface area contributed by atoms with Gasteiger partial charge in [0.1, 0.15) is 0 Å². The van der Waals surface area contributed by atoms with Gasteiger partial charge in [0, 0.05) is 57.4 Å². The zero-order chi connectivity index (χ0) is 31.4. The van der Waals surface area contributed by atoms with Crippen molar-refractivity contribution in [1.82, 2.24) is 20.0 Å². The van der Waals surface area contributed by atoms with Gasteiger partial charge in [-0.3, -0.25) is 19.1 Å². The molecule has 0 radical (unpaired) electrons. The van der Waals surface area contributed by atoms with Gasteiger partial charge in [0.05, 0.1) is 29.2 Å². The molecular weight excluding hydrogens is 646 g/mol. The SMILES string of the molecule is O=C(O)CCNC(=O)c1ccc(Cn2nc(-c3cc(Cl)cc(Cl)c3)cc2C2CCN(C(=O)c3ccc(Cl)cc3Cl)CC2)cc1. The van der Waals surface area contributed by atoms with Gasteiger partial charge in [0.25, 0.3) is 11.8 Å². The van der Waals surface area contributed by atoms with Gasteiger partial charge >= 0.3 is 5.97 Å². The van der Waals surface area contributed by atoms with E-state index in [9.17, 15) is 14.4 Å². The maximum Gasteiger partial charge on any atom is 0.305 e. The molecule has 1 saturated heterocycles. The molecule has 0 spiro atoms. The van der Waals surface area contributed by atoms with Gasteiger partial charge in [-0.15, -0.1) is 0 Å². The van der Waals surface area contributed by atoms with Crippen LogP contribution in [0.5, 0.6) is 0 Å². The Labute approximate surface area is 274 Å². The molecule has 44 heavy (non-hydrogen) atoms. The summed E-state index contributed by atoms with van der Waals surface area (Å²) in [5.41, 5.74) is 4.33. The molecule has 4 aromatic rings. The third kappa shape index (κ3) is 7.74. The number of likely N-dealkylation sites (tertiary alicyclic amines) is 1. The molecule has 2 heterocycles. The van der Waals surface area contributed by atoms with Crippen LogP contribution in [-0.4, -0.2) is 57.2 Å². The molecule has 0 saturated carbocycles. The number of aromatic nitrogens is 2. The molecule has 2 N–H and O–H groups in total. The van der Waals surface area contributed by atoms with Crippen molar-refractivity contribution in [3.63, 3.8) is 0 Å². The van der Waals surface area contributed by atoms with E-state index < -0.39 is 5.97 Å². The number of nitrogens with zero attached hydrogens (tertiary/aromatic N) is 3. The van der Waals surface area contributed by atoms with Crippen molar-refractivity contribution >= 4 is 64.2 Å². The largest absolute Gasteiger partial charge is 0.481 e. The second kappa shape index (κ2) is 14.0. The molecule has 1 aliphatic heterocycles. The van der Waals surface area contributed by atoms with E-state index in [0.29, 0.717) is 50.9 Å². The van der Waals surface area contributed by atoms with Crippen LogP contribution in [0.3, 0.4) is 0 Å². The summed E-state index contributed by atoms with van der Waals surface area (Å²) in [5, 5.41) is 18.1. The summed E-state index contributed by atoms with van der Waals surface area (Å²) >= 11 is 24.9. The number of carboxylic acids is 1. The number of amides is 2. The molecular formula is C32H28Cl4N4O4. The molecule has 0 aliphatic carbocycles. The quantitative estimate of drug-likeness (QED) is 0.192. The smallest absolute Gasteiger partial charge is 0.305 e. The molecule has 3 aromatic carbocycles. The van der Waals surface area contributed by atoms with Gasteiger partial charge in [-0.2, -0.15) is 5.10 Å². The summed E-state index contributed by atoms with van der Waals surface area (Å²) in [6, 6.07) is 19.4. The average Bonchev–Trinajstić information content (AvgIpc) is 3.40. The highest BCUT2D eigenvalue weighted by atomic mass is 35.5. The number of aliphatic carboxylic acids is 1. The number of nitrogens with one attached hydrogen (secondary N) is 1. The maximum absolute atomic E-state index is 13.2. The van der Waals surface area contributed by atoms with Crippen LogP contribution in [0.4, 0.5) is 0 Å². The number of piperidine rings is 1. The normalized spacial score (nSPS) is 13.6. The number of halogens is 4. The Bertz CT molecular complexity index is 1680. The van der Waals surface area contributed by atoms with E-state index in [1.807, 2.05) is 39.9 Å². The summed E-state index contributed by atoms with van der Waals surface area (Å²) in [4.78, 5) is 38.1. The lowest BCUT2D eigenvalue weighted by molar-refractivity contribution is -0.136. The lowest BCUT2D eigenvalue weighted by Gasteiger charge is -2.32. The number of hydrogen-bond donors (Lipinski definition) is 2. The first-order chi connectivity index (χ1) is 21.1. The topological polar surface area (TPSA) is 105 Å². The lowest BCUT2D eigenvalue weighted by atomic mass is 9.92. The Morgan fingerprint density at radius 1 is 0.864 bits per heavy atom. The minimum Gasteiger partial charge on any atom is -0.481 e. The van der Waals surface area contributed by atoms with E-state index in [1.54, 1.807) is 36.4 Å². The summed E-state index contributed by atoms with van der Waals surface area (Å²) in [6.45, 7) is 1.61. The summed E-state index contributed by atoms with van der Waals surface area (Å²) in [6.07, 6.45) is 1.32. The van der Waals surface area contributed by atoms with Crippen LogP contribution in [0.2, 0.25) is 20.1 Å². The van der Waals surface area contributed by atoms with Crippen molar-refractivity contribution in [3.05, 3.63) is 109 Å². The first kappa shape index (κ1) is 31.9. The fourth-order valence-corrected chi connectivity index (χ4v) is 6.28. The van der Waals surface area contributed by atoms with E-state index in [0.717, 1.165) is 35.4 Å². The fourth-order valence-electron chi connectivity index (χ4n) is 5.26. The molecule has 1 fully saturated rings. The van der Waals surface area contributed by atoms with Crippen molar-refractivity contribution in [2.75, 3.05) is 19.6 Å². The second-order valence-corrected chi connectivity index (χ2v) is 12.3. The number of hydrogen-bond acceptors (Lipinski definition) is 4. The van der Waals surface area contributed by atoms with E-state index >= 15 is 0 Å². The highest BCUT2D eigenvalue weighted by Gasteiger charge is 2.28. The first-order valence-corrected chi connectivity index (χ1v) is 15.5. The monoisotopic (exact) mass is 672 g/mol. The molecule has 0 bridgehead atoms. The van der Waals surface area contributed by atoms with Crippen LogP contribution in [0, 0.1) is 0 Å². The van der Waals surface area contributed by atoms with Crippen molar-refractivity contribution in [2.45, 2.75) is 31.7 Å². The van der Waals surface area contributed by atoms with E-state index in [4.69, 9.17) is 56.6 Å². The molecule has 1 aliphatic rings. The van der Waals surface area contributed by atoms with Gasteiger partial charge in [0.15, 0.2) is 0 Å². The number of rotatable bonds is 9. The van der Waals surface area contributed by atoms with Crippen LogP contribution < -0.4 is 5.32 Å². The van der Waals surface area contributed by atoms with Crippen LogP contribution in [-0.2, 0) is 11.3 Å². The van der Waals surface area contributed by atoms with Crippen molar-refractivity contribution < 1.29 is 19.5 Å². The summed E-state index contributed by atoms with van der Waals surface area (Å²) < 4.78 is 1.95. The Morgan fingerprint density at radius 2 is 1.55 bits per heavy atom. The Morgan fingerprint density at radius 3 is 2.18 bits per heavy atom. The fraction of sp³-hybridized carbons (Fsp3) is 0.250. The number of carbonyl (C=O) groups excluding carboxylic acids is 2. The highest BCUT2D eigenvalue weighted by Crippen LogP contribution is 2.34. The summed E-state index contributed by atoms with van der Waals surface area (Å²) in [5.74, 6) is -1.30. The molecule has 12 heteroatoms. The minimum absolute atomic E-state index is 0.0556. The van der Waals surface area contributed by atoms with Gasteiger partial charge in [-0.25, -0.2) is 0 Å². The Balaban J connectivity index is 1.35. The van der Waals surface area contributed by atoms with Crippen molar-refractivity contribution in [2.24, 2.45) is 0 Å². The third-order valence-corrected chi connectivity index (χ3v) is 8.49. The summed E-state index contributed by atoms with van der Waals surface area (Å²) in [7, 11) is 0. The predicted molar refractivity (Wildman–Crippen MR) is 172 cm³/mol. The van der Waals surface area contributed by atoms with Crippen LogP contribution >= 0.6 is 46.4 Å². The van der Waals surface area contributed by atoms with Crippen molar-refractivity contribution in [3.8, 4) is 11.3 Å². The van der Waals surface area contributed by atoms with Gasteiger partial charge in [0.2, 0.25) is 0 Å². The number of carboxylic acid groups (broad SMARTS) is 1. The van der Waals surface area contributed by atoms with E-state index in [2.05, 4.69) is 5.32 Å². The van der Waals surface area contributed by atoms with E-state index in [1.165, 1.54) is 0 Å². The average molecular weight is 674 g/mol. The molecule has 0 atom stereocenters. The second-order valence-electron chi connectivity index (χ2n) is 10.6. The van der Waals surface area contributed by atoms with Crippen molar-refractivity contribution in [1.29, 1.82) is 0 Å². The molecule has 2 amide bonds. The molecule has 1 aromatic heterocycles. The van der Waals surface area contributed by atoms with E-state index in [-0.39, 0.29) is 30.7 Å². The minimum atomic E-state index is -0.974. The standard InChI is InChI=1S/C32H28Cl4N4O4/c33-23-5-6-26(27(36)16-23)32(44)39-11-8-20(9-12-39)29-17-28(22-13-24(34)15-25(35)14-22)38-40(29)18-19-1-3-21(4-2-19)31(43)37-10-7-30(41)42/h1-6,13-17,20H,7-12,18H2,(H,37,43)(H,41,42). The Kier molecular flexibility index (Phi) is 10.2. The first-order valence-electron chi connectivity index (χ1n) is 13.9. The molecule has 5 rings (SSSR count). The van der Waals surface area contributed by atoms with Crippen LogP contribution in [0.25, 0.3) is 11.3 Å².